The topological polar surface area (TPSA) is 37.3 Å². The molecule has 0 aromatic carbocycles. The average molecular weight is 466 g/mol. The van der Waals surface area contributed by atoms with Crippen molar-refractivity contribution in [2.45, 2.75) is 108 Å². The SMILES string of the molecule is CCCCCC1(C(=O)O)C(F)(F)C(F)C(F)(C2CCC(CCC)CC2)C(F)(F)C1(F)F. The number of carboxylic acids is 1. The van der Waals surface area contributed by atoms with E-state index in [1.165, 1.54) is 0 Å². The van der Waals surface area contributed by atoms with E-state index in [0.717, 1.165) is 6.42 Å². The van der Waals surface area contributed by atoms with E-state index in [1.807, 2.05) is 6.92 Å². The first-order valence-electron chi connectivity index (χ1n) is 10.9. The van der Waals surface area contributed by atoms with Crippen LogP contribution in [0.4, 0.5) is 35.1 Å². The highest BCUT2D eigenvalue weighted by Crippen LogP contribution is 2.70. The van der Waals surface area contributed by atoms with Crippen molar-refractivity contribution < 1.29 is 45.0 Å². The van der Waals surface area contributed by atoms with Crippen molar-refractivity contribution in [1.82, 2.24) is 0 Å². The lowest BCUT2D eigenvalue weighted by Crippen LogP contribution is -2.82. The maximum atomic E-state index is 15.7. The van der Waals surface area contributed by atoms with Gasteiger partial charge >= 0.3 is 23.7 Å². The molecule has 182 valence electrons. The summed E-state index contributed by atoms with van der Waals surface area (Å²) in [6.07, 6.45) is -5.47. The number of unbranched alkanes of at least 4 members (excludes halogenated alkanes) is 2. The number of halogens is 8. The Kier molecular flexibility index (Phi) is 7.33. The van der Waals surface area contributed by atoms with Gasteiger partial charge in [0.1, 0.15) is 0 Å². The lowest BCUT2D eigenvalue weighted by molar-refractivity contribution is -0.415. The number of hydrogen-bond donors (Lipinski definition) is 1. The third-order valence-corrected chi connectivity index (χ3v) is 7.33. The smallest absolute Gasteiger partial charge is 0.348 e. The van der Waals surface area contributed by atoms with Crippen LogP contribution in [0.15, 0.2) is 0 Å². The Bertz CT molecular complexity index is 647. The van der Waals surface area contributed by atoms with E-state index in [1.54, 1.807) is 6.92 Å². The molecule has 0 spiro atoms. The van der Waals surface area contributed by atoms with Crippen LogP contribution in [0.1, 0.15) is 78.1 Å². The average Bonchev–Trinajstić information content (AvgIpc) is 2.69. The highest BCUT2D eigenvalue weighted by atomic mass is 19.3. The zero-order valence-electron chi connectivity index (χ0n) is 17.7. The van der Waals surface area contributed by atoms with Crippen LogP contribution in [-0.4, -0.2) is 40.7 Å². The minimum absolute atomic E-state index is 0.00620. The largest absolute Gasteiger partial charge is 0.480 e. The molecule has 3 atom stereocenters. The first-order chi connectivity index (χ1) is 14.2. The predicted molar refractivity (Wildman–Crippen MR) is 98.1 cm³/mol. The maximum absolute atomic E-state index is 15.7. The van der Waals surface area contributed by atoms with Crippen molar-refractivity contribution in [3.8, 4) is 0 Å². The van der Waals surface area contributed by atoms with Crippen molar-refractivity contribution in [2.75, 3.05) is 0 Å². The molecule has 2 aliphatic carbocycles. The molecule has 3 unspecified atom stereocenters. The van der Waals surface area contributed by atoms with E-state index >= 15 is 35.1 Å². The molecule has 0 bridgehead atoms. The monoisotopic (exact) mass is 466 g/mol. The van der Waals surface area contributed by atoms with E-state index in [0.29, 0.717) is 6.42 Å². The number of aliphatic carboxylic acids is 1. The van der Waals surface area contributed by atoms with E-state index in [-0.39, 0.29) is 31.6 Å². The maximum Gasteiger partial charge on any atom is 0.348 e. The van der Waals surface area contributed by atoms with Gasteiger partial charge in [0.25, 0.3) is 0 Å². The summed E-state index contributed by atoms with van der Waals surface area (Å²) in [5.41, 5.74) is -9.62. The van der Waals surface area contributed by atoms with Crippen molar-refractivity contribution >= 4 is 5.97 Å². The second kappa shape index (κ2) is 8.69. The molecule has 0 aliphatic heterocycles. The summed E-state index contributed by atoms with van der Waals surface area (Å²) in [5, 5.41) is 9.30. The van der Waals surface area contributed by atoms with Crippen LogP contribution in [0.5, 0.6) is 0 Å². The van der Waals surface area contributed by atoms with E-state index in [4.69, 9.17) is 0 Å². The normalized spacial score (nSPS) is 39.2. The third-order valence-electron chi connectivity index (χ3n) is 7.33. The van der Waals surface area contributed by atoms with Gasteiger partial charge in [-0.05, 0) is 25.2 Å². The van der Waals surface area contributed by atoms with Crippen LogP contribution in [0, 0.1) is 17.3 Å². The van der Waals surface area contributed by atoms with Gasteiger partial charge in [0, 0.05) is 5.92 Å². The van der Waals surface area contributed by atoms with Crippen molar-refractivity contribution in [2.24, 2.45) is 17.3 Å². The lowest BCUT2D eigenvalue weighted by Gasteiger charge is -2.57. The highest BCUT2D eigenvalue weighted by Gasteiger charge is 2.94. The van der Waals surface area contributed by atoms with Crippen LogP contribution in [0.2, 0.25) is 0 Å². The van der Waals surface area contributed by atoms with Gasteiger partial charge in [-0.25, -0.2) is 17.6 Å². The van der Waals surface area contributed by atoms with Gasteiger partial charge in [0.05, 0.1) is 0 Å². The quantitative estimate of drug-likeness (QED) is 0.303. The van der Waals surface area contributed by atoms with Crippen molar-refractivity contribution in [1.29, 1.82) is 0 Å². The van der Waals surface area contributed by atoms with E-state index in [9.17, 15) is 9.90 Å². The molecular weight excluding hydrogens is 436 g/mol. The summed E-state index contributed by atoms with van der Waals surface area (Å²) in [6, 6.07) is 0. The summed E-state index contributed by atoms with van der Waals surface area (Å²) < 4.78 is 121. The van der Waals surface area contributed by atoms with Crippen molar-refractivity contribution in [3.63, 3.8) is 0 Å². The van der Waals surface area contributed by atoms with Gasteiger partial charge in [0.2, 0.25) is 17.3 Å². The molecule has 0 heterocycles. The number of carboxylic acid groups (broad SMARTS) is 1. The van der Waals surface area contributed by atoms with Gasteiger partial charge in [-0.3, -0.25) is 4.79 Å². The molecule has 0 radical (unpaired) electrons. The molecule has 2 saturated carbocycles. The number of rotatable bonds is 8. The first kappa shape index (κ1) is 26.2. The zero-order valence-corrected chi connectivity index (χ0v) is 17.7. The Morgan fingerprint density at radius 3 is 1.87 bits per heavy atom. The Labute approximate surface area is 176 Å². The molecule has 2 rings (SSSR count). The molecule has 31 heavy (non-hydrogen) atoms. The minimum Gasteiger partial charge on any atom is -0.480 e. The van der Waals surface area contributed by atoms with Crippen molar-refractivity contribution in [3.05, 3.63) is 0 Å². The Morgan fingerprint density at radius 1 is 0.871 bits per heavy atom. The van der Waals surface area contributed by atoms with Gasteiger partial charge in [0.15, 0.2) is 0 Å². The second-order valence-electron chi connectivity index (χ2n) is 9.08. The Morgan fingerprint density at radius 2 is 1.42 bits per heavy atom. The standard InChI is InChI=1S/C21H30F8O2/c1-3-5-6-12-17(16(30)31)19(24,25)15(22)18(23,21(28,29)20(17,26)27)14-10-8-13(7-4-2)9-11-14/h13-15H,3-12H2,1-2H3,(H,30,31). The van der Waals surface area contributed by atoms with Gasteiger partial charge < -0.3 is 5.11 Å². The fraction of sp³-hybridized carbons (Fsp3) is 0.952. The third kappa shape index (κ3) is 3.45. The summed E-state index contributed by atoms with van der Waals surface area (Å²) >= 11 is 0. The van der Waals surface area contributed by atoms with E-state index < -0.39 is 72.6 Å². The van der Waals surface area contributed by atoms with Crippen LogP contribution < -0.4 is 0 Å². The molecule has 2 nitrogen and oxygen atoms in total. The van der Waals surface area contributed by atoms with Crippen LogP contribution in [-0.2, 0) is 4.79 Å². The fourth-order valence-corrected chi connectivity index (χ4v) is 5.45. The van der Waals surface area contributed by atoms with Crippen LogP contribution >= 0.6 is 0 Å². The van der Waals surface area contributed by atoms with Gasteiger partial charge in [-0.15, -0.1) is 0 Å². The predicted octanol–water partition coefficient (Wildman–Crippen LogP) is 7.21. The second-order valence-corrected chi connectivity index (χ2v) is 9.08. The Balaban J connectivity index is 2.57. The summed E-state index contributed by atoms with van der Waals surface area (Å²) in [6.45, 7) is 3.42. The summed E-state index contributed by atoms with van der Waals surface area (Å²) in [5.74, 6) is -22.5. The number of hydrogen-bond acceptors (Lipinski definition) is 1. The number of alkyl halides is 8. The highest BCUT2D eigenvalue weighted by molar-refractivity contribution is 5.79. The van der Waals surface area contributed by atoms with E-state index in [2.05, 4.69) is 0 Å². The van der Waals surface area contributed by atoms with Gasteiger partial charge in [-0.2, -0.15) is 17.6 Å². The van der Waals surface area contributed by atoms with Gasteiger partial charge in [-0.1, -0.05) is 58.8 Å². The number of carbonyl (C=O) groups is 1. The molecular formula is C21H30F8O2. The molecule has 1 N–H and O–H groups in total. The lowest BCUT2D eigenvalue weighted by atomic mass is 9.54. The fourth-order valence-electron chi connectivity index (χ4n) is 5.45. The Hall–Kier alpha value is -1.09. The van der Waals surface area contributed by atoms with Crippen LogP contribution in [0.3, 0.4) is 0 Å². The van der Waals surface area contributed by atoms with Crippen LogP contribution in [0.25, 0.3) is 0 Å². The molecule has 2 fully saturated rings. The summed E-state index contributed by atoms with van der Waals surface area (Å²) in [7, 11) is 0. The molecule has 0 amide bonds. The minimum atomic E-state index is -6.00. The molecule has 0 aromatic rings. The zero-order chi connectivity index (χ0) is 23.9. The molecule has 0 aromatic heterocycles. The first-order valence-corrected chi connectivity index (χ1v) is 10.9. The summed E-state index contributed by atoms with van der Waals surface area (Å²) in [4.78, 5) is 11.7. The molecule has 0 saturated heterocycles. The molecule has 2 aliphatic rings. The molecule has 10 heteroatoms.